The van der Waals surface area contributed by atoms with Crippen LogP contribution in [0.5, 0.6) is 0 Å². The molecule has 1 amide bonds. The lowest BCUT2D eigenvalue weighted by Crippen LogP contribution is -2.30. The third-order valence-corrected chi connectivity index (χ3v) is 2.96. The average molecular weight is 279 g/mol. The van der Waals surface area contributed by atoms with E-state index in [0.29, 0.717) is 12.2 Å². The van der Waals surface area contributed by atoms with E-state index in [-0.39, 0.29) is 23.9 Å². The van der Waals surface area contributed by atoms with Gasteiger partial charge in [-0.2, -0.15) is 0 Å². The Kier molecular flexibility index (Phi) is 4.45. The molecule has 0 aliphatic rings. The second kappa shape index (κ2) is 6.27. The van der Waals surface area contributed by atoms with Gasteiger partial charge in [-0.25, -0.2) is 13.8 Å². The highest BCUT2D eigenvalue weighted by molar-refractivity contribution is 5.79. The number of imidazole rings is 1. The van der Waals surface area contributed by atoms with Crippen molar-refractivity contribution in [3.8, 4) is 0 Å². The molecular weight excluding hydrogens is 264 g/mol. The molecule has 0 radical (unpaired) electrons. The molecule has 1 heterocycles. The van der Waals surface area contributed by atoms with Crippen molar-refractivity contribution in [1.82, 2.24) is 15.3 Å². The van der Waals surface area contributed by atoms with Crippen LogP contribution in [-0.4, -0.2) is 15.9 Å². The molecule has 20 heavy (non-hydrogen) atoms. The summed E-state index contributed by atoms with van der Waals surface area (Å²) in [5, 5.41) is 2.77. The van der Waals surface area contributed by atoms with Gasteiger partial charge in [0.25, 0.3) is 0 Å². The fraction of sp³-hybridized carbons (Fsp3) is 0.286. The molecule has 2 aromatic rings. The number of hydrogen-bond donors (Lipinski definition) is 2. The topological polar surface area (TPSA) is 57.8 Å². The van der Waals surface area contributed by atoms with Crippen LogP contribution in [0.1, 0.15) is 30.8 Å². The van der Waals surface area contributed by atoms with E-state index in [9.17, 15) is 13.6 Å². The molecule has 1 aromatic heterocycles. The van der Waals surface area contributed by atoms with Gasteiger partial charge in [-0.05, 0) is 18.1 Å². The van der Waals surface area contributed by atoms with E-state index < -0.39 is 11.6 Å². The van der Waals surface area contributed by atoms with Crippen molar-refractivity contribution in [3.05, 3.63) is 53.6 Å². The fourth-order valence-corrected chi connectivity index (χ4v) is 1.92. The van der Waals surface area contributed by atoms with E-state index in [1.807, 2.05) is 6.92 Å². The highest BCUT2D eigenvalue weighted by Gasteiger charge is 2.16. The van der Waals surface area contributed by atoms with Gasteiger partial charge in [0.05, 0.1) is 12.5 Å². The number of nitrogens with zero attached hydrogens (tertiary/aromatic N) is 1. The third-order valence-electron chi connectivity index (χ3n) is 2.96. The number of carbonyl (C=O) groups is 1. The van der Waals surface area contributed by atoms with Gasteiger partial charge in [0.2, 0.25) is 5.91 Å². The Labute approximate surface area is 115 Å². The predicted octanol–water partition coefficient (Wildman–Crippen LogP) is 2.50. The number of amides is 1. The number of aromatic amines is 1. The van der Waals surface area contributed by atoms with Crippen molar-refractivity contribution < 1.29 is 13.6 Å². The first-order chi connectivity index (χ1) is 9.60. The van der Waals surface area contributed by atoms with Crippen LogP contribution < -0.4 is 5.32 Å². The summed E-state index contributed by atoms with van der Waals surface area (Å²) >= 11 is 0. The van der Waals surface area contributed by atoms with Gasteiger partial charge in [0, 0.05) is 18.5 Å². The van der Waals surface area contributed by atoms with Crippen molar-refractivity contribution in [3.63, 3.8) is 0 Å². The maximum Gasteiger partial charge on any atom is 0.225 e. The lowest BCUT2D eigenvalue weighted by Gasteiger charge is -2.14. The molecule has 0 fully saturated rings. The summed E-state index contributed by atoms with van der Waals surface area (Å²) in [6, 6.07) is 2.93. The molecule has 6 heteroatoms. The standard InChI is InChI=1S/C14H15F2N3O/c1-2-12(14-17-5-6-18-14)19-13(20)7-9-3-4-10(15)8-11(9)16/h3-6,8,12H,2,7H2,1H3,(H,17,18)(H,19,20). The number of carbonyl (C=O) groups excluding carboxylic acids is 1. The summed E-state index contributed by atoms with van der Waals surface area (Å²) in [5.74, 6) is -1.06. The Morgan fingerprint density at radius 2 is 2.25 bits per heavy atom. The Morgan fingerprint density at radius 3 is 2.85 bits per heavy atom. The molecule has 0 saturated heterocycles. The van der Waals surface area contributed by atoms with E-state index in [1.165, 1.54) is 6.07 Å². The summed E-state index contributed by atoms with van der Waals surface area (Å²) in [6.45, 7) is 1.91. The molecule has 1 atom stereocenters. The van der Waals surface area contributed by atoms with Crippen LogP contribution in [0.15, 0.2) is 30.6 Å². The maximum atomic E-state index is 13.5. The Bertz CT molecular complexity index is 584. The number of halogens is 2. The number of benzene rings is 1. The quantitative estimate of drug-likeness (QED) is 0.883. The normalized spacial score (nSPS) is 12.2. The minimum atomic E-state index is -0.716. The summed E-state index contributed by atoms with van der Waals surface area (Å²) in [7, 11) is 0. The highest BCUT2D eigenvalue weighted by atomic mass is 19.1. The van der Waals surface area contributed by atoms with E-state index >= 15 is 0 Å². The largest absolute Gasteiger partial charge is 0.347 e. The third kappa shape index (κ3) is 3.40. The van der Waals surface area contributed by atoms with Gasteiger partial charge in [0.15, 0.2) is 0 Å². The van der Waals surface area contributed by atoms with Crippen molar-refractivity contribution in [2.45, 2.75) is 25.8 Å². The summed E-state index contributed by atoms with van der Waals surface area (Å²) < 4.78 is 26.2. The minimum Gasteiger partial charge on any atom is -0.347 e. The number of nitrogens with one attached hydrogen (secondary N) is 2. The molecule has 106 valence electrons. The lowest BCUT2D eigenvalue weighted by atomic mass is 10.1. The van der Waals surface area contributed by atoms with Crippen molar-refractivity contribution in [2.24, 2.45) is 0 Å². The van der Waals surface area contributed by atoms with Crippen molar-refractivity contribution in [1.29, 1.82) is 0 Å². The first kappa shape index (κ1) is 14.2. The molecule has 1 aromatic carbocycles. The first-order valence-corrected chi connectivity index (χ1v) is 6.32. The fourth-order valence-electron chi connectivity index (χ4n) is 1.92. The van der Waals surface area contributed by atoms with E-state index in [0.717, 1.165) is 12.1 Å². The van der Waals surface area contributed by atoms with Gasteiger partial charge in [-0.1, -0.05) is 13.0 Å². The van der Waals surface area contributed by atoms with Crippen molar-refractivity contribution >= 4 is 5.91 Å². The number of rotatable bonds is 5. The number of aromatic nitrogens is 2. The summed E-state index contributed by atoms with van der Waals surface area (Å²) in [5.41, 5.74) is 0.165. The molecule has 0 aliphatic carbocycles. The van der Waals surface area contributed by atoms with Crippen LogP contribution in [0.2, 0.25) is 0 Å². The second-order valence-corrected chi connectivity index (χ2v) is 4.42. The van der Waals surface area contributed by atoms with Gasteiger partial charge in [0.1, 0.15) is 17.5 Å². The van der Waals surface area contributed by atoms with Gasteiger partial charge in [-0.15, -0.1) is 0 Å². The zero-order valence-electron chi connectivity index (χ0n) is 11.0. The van der Waals surface area contributed by atoms with Gasteiger partial charge < -0.3 is 10.3 Å². The van der Waals surface area contributed by atoms with Gasteiger partial charge in [-0.3, -0.25) is 4.79 Å². The predicted molar refractivity (Wildman–Crippen MR) is 69.8 cm³/mol. The molecule has 0 aliphatic heterocycles. The van der Waals surface area contributed by atoms with E-state index in [2.05, 4.69) is 15.3 Å². The SMILES string of the molecule is CCC(NC(=O)Cc1ccc(F)cc1F)c1ncc[nH]1. The molecule has 1 unspecified atom stereocenters. The number of H-pyrrole nitrogens is 1. The van der Waals surface area contributed by atoms with Crippen LogP contribution in [0.4, 0.5) is 8.78 Å². The molecule has 2 N–H and O–H groups in total. The lowest BCUT2D eigenvalue weighted by molar-refractivity contribution is -0.121. The molecule has 0 spiro atoms. The van der Waals surface area contributed by atoms with Crippen LogP contribution in [0.3, 0.4) is 0 Å². The molecule has 4 nitrogen and oxygen atoms in total. The Balaban J connectivity index is 2.01. The smallest absolute Gasteiger partial charge is 0.225 e. The highest BCUT2D eigenvalue weighted by Crippen LogP contribution is 2.13. The molecule has 0 bridgehead atoms. The van der Waals surface area contributed by atoms with Crippen LogP contribution in [0.25, 0.3) is 0 Å². The van der Waals surface area contributed by atoms with Crippen LogP contribution >= 0.6 is 0 Å². The zero-order valence-corrected chi connectivity index (χ0v) is 11.0. The summed E-state index contributed by atoms with van der Waals surface area (Å²) in [4.78, 5) is 18.9. The van der Waals surface area contributed by atoms with E-state index in [4.69, 9.17) is 0 Å². The maximum absolute atomic E-state index is 13.5. The zero-order chi connectivity index (χ0) is 14.5. The minimum absolute atomic E-state index is 0.136. The first-order valence-electron chi connectivity index (χ1n) is 6.32. The van der Waals surface area contributed by atoms with Crippen LogP contribution in [-0.2, 0) is 11.2 Å². The van der Waals surface area contributed by atoms with E-state index in [1.54, 1.807) is 12.4 Å². The second-order valence-electron chi connectivity index (χ2n) is 4.42. The Hall–Kier alpha value is -2.24. The monoisotopic (exact) mass is 279 g/mol. The van der Waals surface area contributed by atoms with Gasteiger partial charge >= 0.3 is 0 Å². The number of hydrogen-bond acceptors (Lipinski definition) is 2. The molecule has 2 rings (SSSR count). The summed E-state index contributed by atoms with van der Waals surface area (Å²) in [6.07, 6.45) is 3.79. The molecular formula is C14H15F2N3O. The molecule has 0 saturated carbocycles. The average Bonchev–Trinajstić information content (AvgIpc) is 2.93. The van der Waals surface area contributed by atoms with Crippen molar-refractivity contribution in [2.75, 3.05) is 0 Å². The Morgan fingerprint density at radius 1 is 1.45 bits per heavy atom. The van der Waals surface area contributed by atoms with Crippen LogP contribution in [0, 0.1) is 11.6 Å².